The van der Waals surface area contributed by atoms with Gasteiger partial charge in [-0.3, -0.25) is 0 Å². The Morgan fingerprint density at radius 1 is 1.18 bits per heavy atom. The lowest BCUT2D eigenvalue weighted by molar-refractivity contribution is -0.0434. The summed E-state index contributed by atoms with van der Waals surface area (Å²) in [4.78, 5) is 25.7. The zero-order valence-electron chi connectivity index (χ0n) is 22.1. The van der Waals surface area contributed by atoms with Crippen molar-refractivity contribution in [2.75, 3.05) is 37.7 Å². The highest BCUT2D eigenvalue weighted by Gasteiger charge is 2.48. The second-order valence-corrected chi connectivity index (χ2v) is 11.7. The minimum absolute atomic E-state index is 0.103. The first kappa shape index (κ1) is 24.7. The van der Waals surface area contributed by atoms with E-state index in [4.69, 9.17) is 9.47 Å². The lowest BCUT2D eigenvalue weighted by atomic mass is 9.72. The van der Waals surface area contributed by atoms with Crippen molar-refractivity contribution in [3.63, 3.8) is 0 Å². The van der Waals surface area contributed by atoms with E-state index < -0.39 is 11.4 Å². The Labute approximate surface area is 221 Å². The summed E-state index contributed by atoms with van der Waals surface area (Å²) < 4.78 is 26.6. The maximum Gasteiger partial charge on any atom is 0.410 e. The number of rotatable bonds is 2. The van der Waals surface area contributed by atoms with Crippen LogP contribution < -0.4 is 9.64 Å². The van der Waals surface area contributed by atoms with Crippen molar-refractivity contribution in [3.8, 4) is 22.6 Å². The van der Waals surface area contributed by atoms with E-state index in [1.54, 1.807) is 4.90 Å². The molecular weight excluding hydrogens is 487 g/mol. The van der Waals surface area contributed by atoms with Crippen LogP contribution in [0.2, 0.25) is 0 Å². The topological polar surface area (TPSA) is 88.0 Å². The third kappa shape index (κ3) is 4.27. The predicted octanol–water partition coefficient (Wildman–Crippen LogP) is 5.30. The number of aromatic nitrogens is 2. The van der Waals surface area contributed by atoms with Gasteiger partial charge >= 0.3 is 6.09 Å². The molecule has 1 aromatic heterocycles. The Kier molecular flexibility index (Phi) is 5.85. The lowest BCUT2D eigenvalue weighted by Crippen LogP contribution is -2.62. The molecule has 3 aliphatic heterocycles. The number of phenolic OH excluding ortho intramolecular Hbond substituents is 1. The summed E-state index contributed by atoms with van der Waals surface area (Å²) in [7, 11) is 0. The Morgan fingerprint density at radius 3 is 2.66 bits per heavy atom. The van der Waals surface area contributed by atoms with Gasteiger partial charge in [0.05, 0.1) is 23.1 Å². The molecule has 3 aromatic rings. The smallest absolute Gasteiger partial charge is 0.410 e. The molecule has 2 aromatic carbocycles. The van der Waals surface area contributed by atoms with E-state index in [9.17, 15) is 14.3 Å². The Balaban J connectivity index is 1.29. The number of phenols is 1. The maximum absolute atomic E-state index is 14.9. The Bertz CT molecular complexity index is 1380. The van der Waals surface area contributed by atoms with Crippen molar-refractivity contribution >= 4 is 22.8 Å². The van der Waals surface area contributed by atoms with Gasteiger partial charge in [-0.1, -0.05) is 6.07 Å². The van der Waals surface area contributed by atoms with Crippen LogP contribution in [-0.2, 0) is 11.2 Å². The quantitative estimate of drug-likeness (QED) is 0.490. The number of carbonyl (C=O) groups excluding carboxylic acids is 1. The number of fused-ring (bicyclic) bond motifs is 3. The highest BCUT2D eigenvalue weighted by atomic mass is 19.1. The molecule has 1 spiro atoms. The summed E-state index contributed by atoms with van der Waals surface area (Å²) in [6.45, 7) is 9.26. The Morgan fingerprint density at radius 2 is 1.95 bits per heavy atom. The number of piperidine rings is 1. The largest absolute Gasteiger partial charge is 0.507 e. The summed E-state index contributed by atoms with van der Waals surface area (Å²) in [6, 6.07) is 6.20. The fraction of sp³-hybridized carbons (Fsp3) is 0.483. The second-order valence-electron chi connectivity index (χ2n) is 11.7. The summed E-state index contributed by atoms with van der Waals surface area (Å²) in [6.07, 6.45) is 4.71. The average Bonchev–Trinajstić information content (AvgIpc) is 2.86. The van der Waals surface area contributed by atoms with Crippen molar-refractivity contribution in [3.05, 3.63) is 42.0 Å². The fourth-order valence-electron chi connectivity index (χ4n) is 6.01. The van der Waals surface area contributed by atoms with Gasteiger partial charge in [0.1, 0.15) is 35.1 Å². The van der Waals surface area contributed by atoms with E-state index in [0.717, 1.165) is 49.1 Å². The molecule has 6 rings (SSSR count). The molecule has 0 atom stereocenters. The molecule has 9 heteroatoms. The molecule has 3 aliphatic rings. The van der Waals surface area contributed by atoms with Crippen molar-refractivity contribution in [2.45, 2.75) is 52.1 Å². The first-order valence-corrected chi connectivity index (χ1v) is 13.3. The minimum Gasteiger partial charge on any atom is -0.507 e. The molecule has 0 aliphatic carbocycles. The number of hydrogen-bond donors (Lipinski definition) is 1. The SMILES string of the molecule is CC(C)(C)OC(=O)N1CC2(CCN(c3ncnc4cc(-c5c(O)cccc5F)c5c(c34)OCCC5)CC2)C1. The van der Waals surface area contributed by atoms with Crippen LogP contribution in [0.25, 0.3) is 22.0 Å². The third-order valence-electron chi connectivity index (χ3n) is 7.87. The van der Waals surface area contributed by atoms with E-state index in [1.807, 2.05) is 26.8 Å². The molecule has 38 heavy (non-hydrogen) atoms. The number of hydrogen-bond acceptors (Lipinski definition) is 7. The highest BCUT2D eigenvalue weighted by Crippen LogP contribution is 2.47. The van der Waals surface area contributed by atoms with Crippen molar-refractivity contribution in [1.29, 1.82) is 0 Å². The van der Waals surface area contributed by atoms with E-state index in [1.165, 1.54) is 24.5 Å². The number of carbonyl (C=O) groups is 1. The molecule has 2 fully saturated rings. The molecule has 0 bridgehead atoms. The van der Waals surface area contributed by atoms with Crippen LogP contribution in [0.3, 0.4) is 0 Å². The van der Waals surface area contributed by atoms with Crippen molar-refractivity contribution < 1.29 is 23.8 Å². The van der Waals surface area contributed by atoms with Gasteiger partial charge in [-0.25, -0.2) is 19.2 Å². The number of ether oxygens (including phenoxy) is 2. The molecule has 2 saturated heterocycles. The van der Waals surface area contributed by atoms with Gasteiger partial charge in [-0.15, -0.1) is 0 Å². The molecule has 4 heterocycles. The van der Waals surface area contributed by atoms with E-state index in [-0.39, 0.29) is 22.8 Å². The number of likely N-dealkylation sites (tertiary alicyclic amines) is 1. The monoisotopic (exact) mass is 520 g/mol. The normalized spacial score (nSPS) is 18.6. The first-order chi connectivity index (χ1) is 18.1. The third-order valence-corrected chi connectivity index (χ3v) is 7.87. The van der Waals surface area contributed by atoms with Gasteiger partial charge in [0.15, 0.2) is 0 Å². The summed E-state index contributed by atoms with van der Waals surface area (Å²) in [5.41, 5.74) is 1.94. The molecule has 1 N–H and O–H groups in total. The van der Waals surface area contributed by atoms with Gasteiger partial charge in [0, 0.05) is 37.2 Å². The Hall–Kier alpha value is -3.62. The van der Waals surface area contributed by atoms with Crippen LogP contribution in [0.4, 0.5) is 15.0 Å². The minimum atomic E-state index is -0.497. The number of anilines is 1. The molecule has 0 radical (unpaired) electrons. The summed E-state index contributed by atoms with van der Waals surface area (Å²) in [5, 5.41) is 11.3. The van der Waals surface area contributed by atoms with Crippen LogP contribution in [0.15, 0.2) is 30.6 Å². The van der Waals surface area contributed by atoms with Gasteiger partial charge in [-0.2, -0.15) is 0 Å². The van der Waals surface area contributed by atoms with E-state index in [2.05, 4.69) is 14.9 Å². The number of aromatic hydroxyl groups is 1. The first-order valence-electron chi connectivity index (χ1n) is 13.3. The molecule has 0 unspecified atom stereocenters. The lowest BCUT2D eigenvalue weighted by Gasteiger charge is -2.53. The van der Waals surface area contributed by atoms with Crippen LogP contribution in [0.1, 0.15) is 45.6 Å². The highest BCUT2D eigenvalue weighted by molar-refractivity contribution is 6.00. The van der Waals surface area contributed by atoms with E-state index in [0.29, 0.717) is 42.9 Å². The number of halogens is 1. The number of nitrogens with zero attached hydrogens (tertiary/aromatic N) is 4. The average molecular weight is 521 g/mol. The number of amides is 1. The summed E-state index contributed by atoms with van der Waals surface area (Å²) in [5.74, 6) is 0.917. The molecular formula is C29H33FN4O4. The van der Waals surface area contributed by atoms with E-state index >= 15 is 0 Å². The maximum atomic E-state index is 14.9. The summed E-state index contributed by atoms with van der Waals surface area (Å²) >= 11 is 0. The molecule has 8 nitrogen and oxygen atoms in total. The van der Waals surface area contributed by atoms with Gasteiger partial charge in [0.2, 0.25) is 0 Å². The van der Waals surface area contributed by atoms with Crippen molar-refractivity contribution in [2.24, 2.45) is 5.41 Å². The van der Waals surface area contributed by atoms with Crippen molar-refractivity contribution in [1.82, 2.24) is 14.9 Å². The number of benzene rings is 2. The predicted molar refractivity (Wildman–Crippen MR) is 142 cm³/mol. The fourth-order valence-corrected chi connectivity index (χ4v) is 6.01. The van der Waals surface area contributed by atoms with Gasteiger partial charge < -0.3 is 24.4 Å². The standard InChI is InChI=1S/C29H33FN4O4/c1-28(2,3)38-27(36)34-15-29(16-34)9-11-33(12-10-29)26-24-21(31-17-32-26)14-19(18-6-5-13-37-25(18)24)23-20(30)7-4-8-22(23)35/h4,7-8,14,17,35H,5-6,9-13,15-16H2,1-3H3. The molecule has 200 valence electrons. The van der Waals surface area contributed by atoms with Crippen LogP contribution in [-0.4, -0.2) is 64.5 Å². The molecule has 0 saturated carbocycles. The second kappa shape index (κ2) is 8.99. The molecule has 1 amide bonds. The zero-order valence-corrected chi connectivity index (χ0v) is 22.1. The van der Waals surface area contributed by atoms with Crippen LogP contribution in [0.5, 0.6) is 11.5 Å². The van der Waals surface area contributed by atoms with Crippen LogP contribution >= 0.6 is 0 Å². The van der Waals surface area contributed by atoms with Crippen LogP contribution in [0, 0.1) is 11.2 Å². The van der Waals surface area contributed by atoms with Gasteiger partial charge in [-0.05, 0) is 70.2 Å². The zero-order chi connectivity index (χ0) is 26.7. The van der Waals surface area contributed by atoms with Gasteiger partial charge in [0.25, 0.3) is 0 Å².